The van der Waals surface area contributed by atoms with Gasteiger partial charge in [0, 0.05) is 12.1 Å². The molecule has 0 N–H and O–H groups in total. The number of benzene rings is 2. The summed E-state index contributed by atoms with van der Waals surface area (Å²) in [6.07, 6.45) is 0. The van der Waals surface area contributed by atoms with E-state index in [1.807, 2.05) is 41.6 Å². The van der Waals surface area contributed by atoms with Gasteiger partial charge < -0.3 is 0 Å². The smallest absolute Gasteiger partial charge is 0.258 e. The Morgan fingerprint density at radius 1 is 1.04 bits per heavy atom. The van der Waals surface area contributed by atoms with Gasteiger partial charge in [0.15, 0.2) is 0 Å². The number of non-ortho nitro benzene ring substituents is 1. The van der Waals surface area contributed by atoms with E-state index in [0.717, 1.165) is 11.6 Å². The predicted octanol–water partition coefficient (Wildman–Crippen LogP) is 3.96. The van der Waals surface area contributed by atoms with Gasteiger partial charge in [-0.25, -0.2) is 4.31 Å². The normalized spacial score (nSPS) is 22.6. The molecule has 1 aliphatic rings. The van der Waals surface area contributed by atoms with Crippen LogP contribution in [0.3, 0.4) is 0 Å². The zero-order chi connectivity index (χ0) is 16.6. The van der Waals surface area contributed by atoms with Crippen LogP contribution in [0.1, 0.15) is 18.5 Å². The summed E-state index contributed by atoms with van der Waals surface area (Å²) in [5.41, 5.74) is 0.631. The molecule has 1 saturated heterocycles. The van der Waals surface area contributed by atoms with Crippen LogP contribution in [0.2, 0.25) is 0 Å². The lowest BCUT2D eigenvalue weighted by atomic mass is 10.1. The first-order chi connectivity index (χ1) is 11.0. The van der Waals surface area contributed by atoms with Crippen LogP contribution in [0.5, 0.6) is 0 Å². The molecule has 0 saturated carbocycles. The zero-order valence-electron chi connectivity index (χ0n) is 12.2. The summed E-state index contributed by atoms with van der Waals surface area (Å²) in [5, 5.41) is 22.0. The van der Waals surface area contributed by atoms with Gasteiger partial charge in [-0.15, -0.1) is 0 Å². The number of hydrogen-bond donors (Lipinski definition) is 0. The van der Waals surface area contributed by atoms with E-state index < -0.39 is 9.85 Å². The SMILES string of the molecule is C[C@@H]1[C@@H](c2ccccc2)N1Sc1ccc([N+](=O)[O-])cc1[N+](=O)[O-]. The van der Waals surface area contributed by atoms with Gasteiger partial charge in [-0.1, -0.05) is 30.3 Å². The van der Waals surface area contributed by atoms with E-state index >= 15 is 0 Å². The largest absolute Gasteiger partial charge is 0.291 e. The van der Waals surface area contributed by atoms with Crippen molar-refractivity contribution >= 4 is 23.3 Å². The lowest BCUT2D eigenvalue weighted by Gasteiger charge is -2.04. The highest BCUT2D eigenvalue weighted by Gasteiger charge is 2.46. The lowest BCUT2D eigenvalue weighted by Crippen LogP contribution is -1.96. The summed E-state index contributed by atoms with van der Waals surface area (Å²) in [7, 11) is 0. The minimum atomic E-state index is -0.631. The summed E-state index contributed by atoms with van der Waals surface area (Å²) in [4.78, 5) is 21.2. The van der Waals surface area contributed by atoms with E-state index in [4.69, 9.17) is 0 Å². The number of hydrogen-bond acceptors (Lipinski definition) is 6. The molecule has 7 nitrogen and oxygen atoms in total. The highest BCUT2D eigenvalue weighted by molar-refractivity contribution is 7.97. The molecule has 3 atom stereocenters. The summed E-state index contributed by atoms with van der Waals surface area (Å²) in [5.74, 6) is 0. The van der Waals surface area contributed by atoms with Crippen molar-refractivity contribution in [2.24, 2.45) is 0 Å². The maximum Gasteiger partial charge on any atom is 0.291 e. The predicted molar refractivity (Wildman–Crippen MR) is 86.1 cm³/mol. The van der Waals surface area contributed by atoms with Crippen molar-refractivity contribution in [2.45, 2.75) is 23.9 Å². The molecule has 23 heavy (non-hydrogen) atoms. The van der Waals surface area contributed by atoms with Crippen LogP contribution in [0.25, 0.3) is 0 Å². The topological polar surface area (TPSA) is 89.3 Å². The fourth-order valence-electron chi connectivity index (χ4n) is 2.49. The number of nitro groups is 2. The van der Waals surface area contributed by atoms with Crippen LogP contribution >= 0.6 is 11.9 Å². The minimum Gasteiger partial charge on any atom is -0.258 e. The van der Waals surface area contributed by atoms with Gasteiger partial charge in [0.05, 0.1) is 22.0 Å². The van der Waals surface area contributed by atoms with E-state index in [9.17, 15) is 20.2 Å². The second-order valence-electron chi connectivity index (χ2n) is 5.21. The Hall–Kier alpha value is -2.45. The molecule has 0 bridgehead atoms. The Bertz CT molecular complexity index is 769. The molecule has 0 amide bonds. The molecule has 1 unspecified atom stereocenters. The molecule has 2 aromatic carbocycles. The van der Waals surface area contributed by atoms with E-state index in [2.05, 4.69) is 0 Å². The van der Waals surface area contributed by atoms with Crippen LogP contribution in [0, 0.1) is 20.2 Å². The Balaban J connectivity index is 1.84. The fraction of sp³-hybridized carbons (Fsp3) is 0.200. The van der Waals surface area contributed by atoms with Crippen molar-refractivity contribution in [3.63, 3.8) is 0 Å². The Labute approximate surface area is 136 Å². The maximum absolute atomic E-state index is 11.2. The third-order valence-corrected chi connectivity index (χ3v) is 5.05. The van der Waals surface area contributed by atoms with E-state index in [-0.39, 0.29) is 23.5 Å². The van der Waals surface area contributed by atoms with E-state index in [0.29, 0.717) is 4.90 Å². The van der Waals surface area contributed by atoms with Crippen molar-refractivity contribution in [1.29, 1.82) is 0 Å². The minimum absolute atomic E-state index is 0.191. The molecule has 0 radical (unpaired) electrons. The van der Waals surface area contributed by atoms with Crippen LogP contribution in [-0.4, -0.2) is 20.2 Å². The number of nitro benzene ring substituents is 2. The Morgan fingerprint density at radius 3 is 2.35 bits per heavy atom. The first kappa shape index (κ1) is 15.4. The second-order valence-corrected chi connectivity index (χ2v) is 6.26. The van der Waals surface area contributed by atoms with Crippen molar-refractivity contribution < 1.29 is 9.85 Å². The van der Waals surface area contributed by atoms with Gasteiger partial charge in [-0.05, 0) is 30.5 Å². The van der Waals surface area contributed by atoms with Crippen molar-refractivity contribution in [2.75, 3.05) is 0 Å². The molecule has 1 fully saturated rings. The molecular formula is C15H13N3O4S. The molecule has 118 valence electrons. The third kappa shape index (κ3) is 3.03. The Kier molecular flexibility index (Phi) is 4.01. The molecule has 0 spiro atoms. The highest BCUT2D eigenvalue weighted by atomic mass is 32.2. The van der Waals surface area contributed by atoms with Gasteiger partial charge in [-0.3, -0.25) is 20.2 Å². The van der Waals surface area contributed by atoms with Gasteiger partial charge in [-0.2, -0.15) is 0 Å². The average Bonchev–Trinajstić information content (AvgIpc) is 3.17. The van der Waals surface area contributed by atoms with Crippen molar-refractivity contribution in [3.8, 4) is 0 Å². The van der Waals surface area contributed by atoms with Crippen LogP contribution < -0.4 is 0 Å². The van der Waals surface area contributed by atoms with Gasteiger partial charge >= 0.3 is 0 Å². The quantitative estimate of drug-likeness (QED) is 0.356. The van der Waals surface area contributed by atoms with Gasteiger partial charge in [0.2, 0.25) is 0 Å². The highest BCUT2D eigenvalue weighted by Crippen LogP contribution is 2.52. The molecule has 1 heterocycles. The van der Waals surface area contributed by atoms with E-state index in [1.165, 1.54) is 24.1 Å². The summed E-state index contributed by atoms with van der Waals surface area (Å²) >= 11 is 1.27. The maximum atomic E-state index is 11.2. The summed E-state index contributed by atoms with van der Waals surface area (Å²) < 4.78 is 2.05. The van der Waals surface area contributed by atoms with Crippen LogP contribution in [0.4, 0.5) is 11.4 Å². The van der Waals surface area contributed by atoms with Crippen molar-refractivity contribution in [3.05, 3.63) is 74.3 Å². The molecule has 8 heteroatoms. The molecule has 2 aromatic rings. The zero-order valence-corrected chi connectivity index (χ0v) is 13.0. The number of rotatable bonds is 5. The standard InChI is InChI=1S/C15H13N3O4S/c1-10-15(11-5-3-2-4-6-11)16(10)23-14-8-7-12(17(19)20)9-13(14)18(21)22/h2-10,15H,1H3/t10-,15+,16?/m1/s1. The molecule has 3 rings (SSSR count). The summed E-state index contributed by atoms with van der Waals surface area (Å²) in [6, 6.07) is 14.1. The first-order valence-electron chi connectivity index (χ1n) is 6.93. The van der Waals surface area contributed by atoms with Gasteiger partial charge in [0.1, 0.15) is 4.90 Å². The monoisotopic (exact) mass is 331 g/mol. The van der Waals surface area contributed by atoms with E-state index in [1.54, 1.807) is 0 Å². The fourth-order valence-corrected chi connectivity index (χ4v) is 3.71. The molecule has 0 aliphatic carbocycles. The molecular weight excluding hydrogens is 318 g/mol. The average molecular weight is 331 g/mol. The van der Waals surface area contributed by atoms with Crippen molar-refractivity contribution in [1.82, 2.24) is 4.31 Å². The second kappa shape index (κ2) is 5.98. The molecule has 1 aliphatic heterocycles. The first-order valence-corrected chi connectivity index (χ1v) is 7.70. The Morgan fingerprint density at radius 2 is 1.74 bits per heavy atom. The third-order valence-electron chi connectivity index (χ3n) is 3.74. The lowest BCUT2D eigenvalue weighted by molar-refractivity contribution is -0.396. The van der Waals surface area contributed by atoms with Crippen LogP contribution in [0.15, 0.2) is 53.4 Å². The van der Waals surface area contributed by atoms with Gasteiger partial charge in [0.25, 0.3) is 11.4 Å². The number of nitrogens with zero attached hydrogens (tertiary/aromatic N) is 3. The molecule has 0 aromatic heterocycles. The summed E-state index contributed by atoms with van der Waals surface area (Å²) in [6.45, 7) is 2.04. The van der Waals surface area contributed by atoms with Crippen LogP contribution in [-0.2, 0) is 0 Å².